The summed E-state index contributed by atoms with van der Waals surface area (Å²) in [4.78, 5) is 24.5. The summed E-state index contributed by atoms with van der Waals surface area (Å²) in [5.74, 6) is -0.314. The SMILES string of the molecule is COc1cc(OC)cc(C(=O)NNC(=O)c2ccc(-c3ccc(F)cc3)o2)c1. The molecule has 0 radical (unpaired) electrons. The average molecular weight is 384 g/mol. The Balaban J connectivity index is 1.66. The zero-order chi connectivity index (χ0) is 20.1. The van der Waals surface area contributed by atoms with E-state index in [-0.39, 0.29) is 17.1 Å². The van der Waals surface area contributed by atoms with Crippen molar-refractivity contribution in [1.82, 2.24) is 10.9 Å². The quantitative estimate of drug-likeness (QED) is 0.660. The predicted molar refractivity (Wildman–Crippen MR) is 98.6 cm³/mol. The number of hydrazine groups is 1. The molecule has 0 spiro atoms. The first-order valence-corrected chi connectivity index (χ1v) is 8.19. The van der Waals surface area contributed by atoms with Gasteiger partial charge in [0.05, 0.1) is 14.2 Å². The first kappa shape index (κ1) is 19.0. The first-order valence-electron chi connectivity index (χ1n) is 8.19. The Kier molecular flexibility index (Phi) is 5.59. The number of furan rings is 1. The second-order valence-electron chi connectivity index (χ2n) is 5.68. The van der Waals surface area contributed by atoms with Gasteiger partial charge < -0.3 is 13.9 Å². The minimum atomic E-state index is -0.642. The zero-order valence-electron chi connectivity index (χ0n) is 15.1. The fourth-order valence-corrected chi connectivity index (χ4v) is 2.42. The van der Waals surface area contributed by atoms with Crippen LogP contribution in [0.4, 0.5) is 4.39 Å². The van der Waals surface area contributed by atoms with Gasteiger partial charge in [0, 0.05) is 17.2 Å². The molecule has 144 valence electrons. The van der Waals surface area contributed by atoms with Gasteiger partial charge in [0.25, 0.3) is 5.91 Å². The Morgan fingerprint density at radius 1 is 0.857 bits per heavy atom. The van der Waals surface area contributed by atoms with E-state index in [9.17, 15) is 14.0 Å². The third-order valence-corrected chi connectivity index (χ3v) is 3.86. The van der Waals surface area contributed by atoms with Gasteiger partial charge in [-0.2, -0.15) is 0 Å². The molecule has 0 aliphatic rings. The maximum Gasteiger partial charge on any atom is 0.305 e. The summed E-state index contributed by atoms with van der Waals surface area (Å²) in [5.41, 5.74) is 5.43. The molecule has 0 unspecified atom stereocenters. The lowest BCUT2D eigenvalue weighted by atomic mass is 10.2. The highest BCUT2D eigenvalue weighted by molar-refractivity contribution is 5.98. The molecule has 3 rings (SSSR count). The number of benzene rings is 2. The lowest BCUT2D eigenvalue weighted by Crippen LogP contribution is -2.41. The molecule has 0 atom stereocenters. The number of carbonyl (C=O) groups excluding carboxylic acids is 2. The Labute approximate surface area is 160 Å². The maximum absolute atomic E-state index is 13.0. The fourth-order valence-electron chi connectivity index (χ4n) is 2.42. The van der Waals surface area contributed by atoms with Crippen molar-refractivity contribution in [3.05, 3.63) is 71.7 Å². The normalized spacial score (nSPS) is 10.2. The summed E-state index contributed by atoms with van der Waals surface area (Å²) < 4.78 is 28.7. The molecule has 3 aromatic rings. The van der Waals surface area contributed by atoms with Gasteiger partial charge in [-0.1, -0.05) is 0 Å². The number of hydrogen-bond acceptors (Lipinski definition) is 5. The number of nitrogens with one attached hydrogen (secondary N) is 2. The molecular formula is C20H17FN2O5. The van der Waals surface area contributed by atoms with Gasteiger partial charge in [-0.05, 0) is 48.5 Å². The summed E-state index contributed by atoms with van der Waals surface area (Å²) in [7, 11) is 2.93. The summed E-state index contributed by atoms with van der Waals surface area (Å²) in [6.45, 7) is 0. The van der Waals surface area contributed by atoms with Crippen molar-refractivity contribution in [1.29, 1.82) is 0 Å². The van der Waals surface area contributed by atoms with Gasteiger partial charge in [-0.3, -0.25) is 20.4 Å². The van der Waals surface area contributed by atoms with Crippen molar-refractivity contribution in [3.8, 4) is 22.8 Å². The van der Waals surface area contributed by atoms with Crippen LogP contribution in [0.2, 0.25) is 0 Å². The first-order chi connectivity index (χ1) is 13.5. The van der Waals surface area contributed by atoms with Crippen LogP contribution in [0.15, 0.2) is 59.0 Å². The lowest BCUT2D eigenvalue weighted by Gasteiger charge is -2.09. The van der Waals surface area contributed by atoms with Crippen molar-refractivity contribution in [3.63, 3.8) is 0 Å². The van der Waals surface area contributed by atoms with Gasteiger partial charge >= 0.3 is 5.91 Å². The lowest BCUT2D eigenvalue weighted by molar-refractivity contribution is 0.0831. The highest BCUT2D eigenvalue weighted by Gasteiger charge is 2.15. The molecule has 2 N–H and O–H groups in total. The van der Waals surface area contributed by atoms with Crippen LogP contribution in [0.5, 0.6) is 11.5 Å². The molecule has 0 saturated carbocycles. The number of carbonyl (C=O) groups is 2. The van der Waals surface area contributed by atoms with Crippen LogP contribution in [-0.2, 0) is 0 Å². The van der Waals surface area contributed by atoms with E-state index in [2.05, 4.69) is 10.9 Å². The van der Waals surface area contributed by atoms with E-state index in [1.807, 2.05) is 0 Å². The highest BCUT2D eigenvalue weighted by Crippen LogP contribution is 2.23. The second-order valence-corrected chi connectivity index (χ2v) is 5.68. The topological polar surface area (TPSA) is 89.8 Å². The van der Waals surface area contributed by atoms with E-state index in [0.717, 1.165) is 0 Å². The summed E-state index contributed by atoms with van der Waals surface area (Å²) in [6.07, 6.45) is 0. The van der Waals surface area contributed by atoms with Crippen LogP contribution in [-0.4, -0.2) is 26.0 Å². The van der Waals surface area contributed by atoms with Crippen molar-refractivity contribution in [2.45, 2.75) is 0 Å². The second kappa shape index (κ2) is 8.26. The Morgan fingerprint density at radius 2 is 1.46 bits per heavy atom. The molecule has 1 aromatic heterocycles. The largest absolute Gasteiger partial charge is 0.497 e. The highest BCUT2D eigenvalue weighted by atomic mass is 19.1. The van der Waals surface area contributed by atoms with Crippen LogP contribution in [0.25, 0.3) is 11.3 Å². The number of amides is 2. The van der Waals surface area contributed by atoms with Crippen molar-refractivity contribution >= 4 is 11.8 Å². The van der Waals surface area contributed by atoms with Crippen LogP contribution in [0, 0.1) is 5.82 Å². The maximum atomic E-state index is 13.0. The smallest absolute Gasteiger partial charge is 0.305 e. The third kappa shape index (κ3) is 4.29. The van der Waals surface area contributed by atoms with E-state index >= 15 is 0 Å². The van der Waals surface area contributed by atoms with Gasteiger partial charge in [0.2, 0.25) is 0 Å². The average Bonchev–Trinajstić information content (AvgIpc) is 3.22. The summed E-state index contributed by atoms with van der Waals surface area (Å²) in [5, 5.41) is 0. The molecule has 8 heteroatoms. The molecule has 0 aliphatic carbocycles. The van der Waals surface area contributed by atoms with Crippen molar-refractivity contribution in [2.24, 2.45) is 0 Å². The minimum Gasteiger partial charge on any atom is -0.497 e. The van der Waals surface area contributed by atoms with Crippen LogP contribution in [0.1, 0.15) is 20.9 Å². The molecule has 0 saturated heterocycles. The van der Waals surface area contributed by atoms with Gasteiger partial charge in [0.1, 0.15) is 23.1 Å². The molecule has 2 aromatic carbocycles. The van der Waals surface area contributed by atoms with E-state index in [1.54, 1.807) is 12.1 Å². The number of ether oxygens (including phenoxy) is 2. The monoisotopic (exact) mass is 384 g/mol. The van der Waals surface area contributed by atoms with Gasteiger partial charge in [-0.25, -0.2) is 4.39 Å². The van der Waals surface area contributed by atoms with Crippen LogP contribution >= 0.6 is 0 Å². The number of methoxy groups -OCH3 is 2. The molecule has 1 heterocycles. The number of halogens is 1. The Bertz CT molecular complexity index is 976. The minimum absolute atomic E-state index is 0.0113. The Hall–Kier alpha value is -3.81. The molecule has 0 fully saturated rings. The predicted octanol–water partition coefficient (Wildman–Crippen LogP) is 3.18. The Morgan fingerprint density at radius 3 is 2.07 bits per heavy atom. The van der Waals surface area contributed by atoms with Crippen LogP contribution < -0.4 is 20.3 Å². The molecule has 2 amide bonds. The molecule has 28 heavy (non-hydrogen) atoms. The summed E-state index contributed by atoms with van der Waals surface area (Å²) >= 11 is 0. The van der Waals surface area contributed by atoms with E-state index in [4.69, 9.17) is 13.9 Å². The zero-order valence-corrected chi connectivity index (χ0v) is 15.1. The standard InChI is InChI=1S/C20H17FN2O5/c1-26-15-9-13(10-16(11-15)27-2)19(24)22-23-20(25)18-8-7-17(28-18)12-3-5-14(21)6-4-12/h3-11H,1-2H3,(H,22,24)(H,23,25). The van der Waals surface area contributed by atoms with E-state index in [1.165, 1.54) is 56.7 Å². The van der Waals surface area contributed by atoms with Gasteiger partial charge in [0.15, 0.2) is 5.76 Å². The summed E-state index contributed by atoms with van der Waals surface area (Å²) in [6, 6.07) is 13.3. The molecule has 0 aliphatic heterocycles. The van der Waals surface area contributed by atoms with Crippen molar-refractivity contribution in [2.75, 3.05) is 14.2 Å². The van der Waals surface area contributed by atoms with Crippen LogP contribution in [0.3, 0.4) is 0 Å². The molecule has 7 nitrogen and oxygen atoms in total. The van der Waals surface area contributed by atoms with E-state index in [0.29, 0.717) is 22.8 Å². The van der Waals surface area contributed by atoms with Gasteiger partial charge in [-0.15, -0.1) is 0 Å². The van der Waals surface area contributed by atoms with Crippen molar-refractivity contribution < 1.29 is 27.9 Å². The number of hydrogen-bond donors (Lipinski definition) is 2. The molecular weight excluding hydrogens is 367 g/mol. The third-order valence-electron chi connectivity index (χ3n) is 3.86. The number of rotatable bonds is 5. The molecule has 0 bridgehead atoms. The fraction of sp³-hybridized carbons (Fsp3) is 0.100. The van der Waals surface area contributed by atoms with E-state index < -0.39 is 11.8 Å².